The number of esters is 9. The topological polar surface area (TPSA) is 812 Å². The first-order valence-corrected chi connectivity index (χ1v) is 33.9. The van der Waals surface area contributed by atoms with Crippen LogP contribution in [0.15, 0.2) is 72.8 Å². The number of ether oxygens (including phenoxy) is 10. The average Bonchev–Trinajstić information content (AvgIpc) is 0.717. The van der Waals surface area contributed by atoms with E-state index in [0.717, 1.165) is 0 Å². The lowest BCUT2D eigenvalue weighted by Gasteiger charge is -2.44. The Morgan fingerprint density at radius 1 is 0.303 bits per heavy atom. The van der Waals surface area contributed by atoms with Gasteiger partial charge >= 0.3 is 53.7 Å². The first-order chi connectivity index (χ1) is 57.3. The fourth-order valence-corrected chi connectivity index (χ4v) is 13.6. The molecular formula is C75H54O47. The molecule has 9 aromatic rings. The summed E-state index contributed by atoms with van der Waals surface area (Å²) in [7, 11) is 0. The number of phenolic OH excluding ortho intramolecular Hbond substituents is 27. The van der Waals surface area contributed by atoms with Crippen LogP contribution < -0.4 is 0 Å². The smallest absolute Gasteiger partial charge is 0.340 e. The SMILES string of the molecule is O=C(OC[C@H]1O[C@@H](OC(=O)c2cc(O)c(O)c(O)c2)[C@H](OC(=O)c2cc(O)c(O)c(O)c2)[C@@H](OC(=O)c2cc(O)c(O)c(O)c2[C@@H]2c3c(O)c(O)c(O)c4c3C(=O)O[C@@H]2[C@@H]([C@@H]2OC(=O)c3cc(O)c(O)c(O)c3-c3c(cc(O)c(O)c3O)C(=O)OCC2O)OC(=O)c2cc(O)c(O)c(O)c2-4)[C@@H]1OC(=O)c1cc(O)c(O)c(O)c1)c1cc(O)c(O)c(O)c1. The summed E-state index contributed by atoms with van der Waals surface area (Å²) in [5, 5.41) is 311. The summed E-state index contributed by atoms with van der Waals surface area (Å²) in [6.45, 7) is -3.42. The van der Waals surface area contributed by atoms with Crippen LogP contribution in [0.25, 0.3) is 22.3 Å². The molecule has 1 saturated heterocycles. The minimum Gasteiger partial charge on any atom is -0.504 e. The van der Waals surface area contributed by atoms with Gasteiger partial charge in [-0.25, -0.2) is 43.2 Å². The number of aliphatic hydroxyl groups is 1. The van der Waals surface area contributed by atoms with E-state index in [1.165, 1.54) is 0 Å². The van der Waals surface area contributed by atoms with Crippen molar-refractivity contribution in [2.75, 3.05) is 13.2 Å². The summed E-state index contributed by atoms with van der Waals surface area (Å²) in [6.07, 6.45) is -28.1. The number of cyclic esters (lactones) is 3. The highest BCUT2D eigenvalue weighted by Crippen LogP contribution is 2.62. The van der Waals surface area contributed by atoms with Gasteiger partial charge in [0.05, 0.1) is 56.0 Å². The van der Waals surface area contributed by atoms with Gasteiger partial charge in [-0.2, -0.15) is 0 Å². The Morgan fingerprint density at radius 3 is 1.08 bits per heavy atom. The zero-order valence-corrected chi connectivity index (χ0v) is 59.9. The normalized spacial score (nSPS) is 19.7. The first-order valence-electron chi connectivity index (χ1n) is 33.9. The molecule has 13 rings (SSSR count). The zero-order chi connectivity index (χ0) is 89.2. The number of carbonyl (C=O) groups is 9. The number of carbonyl (C=O) groups excluding carboxylic acids is 9. The van der Waals surface area contributed by atoms with Gasteiger partial charge < -0.3 is 190 Å². The second kappa shape index (κ2) is 30.4. The maximum absolute atomic E-state index is 16.4. The first kappa shape index (κ1) is 82.7. The molecule has 4 aliphatic heterocycles. The van der Waals surface area contributed by atoms with E-state index in [1.54, 1.807) is 0 Å². The highest BCUT2D eigenvalue weighted by atomic mass is 16.8. The van der Waals surface area contributed by atoms with Gasteiger partial charge in [-0.15, -0.1) is 0 Å². The number of benzene rings is 9. The van der Waals surface area contributed by atoms with E-state index in [0.29, 0.717) is 54.6 Å². The molecule has 9 aromatic carbocycles. The molecule has 1 fully saturated rings. The monoisotopic (exact) mass is 1710 g/mol. The van der Waals surface area contributed by atoms with Crippen molar-refractivity contribution in [2.24, 2.45) is 0 Å². The predicted octanol–water partition coefficient (Wildman–Crippen LogP) is 2.45. The average molecular weight is 1710 g/mol. The van der Waals surface area contributed by atoms with E-state index in [9.17, 15) is 167 Å². The van der Waals surface area contributed by atoms with Crippen LogP contribution in [-0.4, -0.2) is 265 Å². The van der Waals surface area contributed by atoms with Crippen molar-refractivity contribution in [3.8, 4) is 177 Å². The third-order valence-corrected chi connectivity index (χ3v) is 19.3. The molecule has 0 spiro atoms. The second-order valence-corrected chi connectivity index (χ2v) is 26.7. The summed E-state index contributed by atoms with van der Waals surface area (Å²) in [4.78, 5) is 135. The molecule has 2 bridgehead atoms. The Balaban J connectivity index is 1.08. The molecule has 0 aromatic heterocycles. The third-order valence-electron chi connectivity index (χ3n) is 19.3. The molecule has 0 saturated carbocycles. The molecule has 1 unspecified atom stereocenters. The Labute approximate surface area is 670 Å². The molecule has 0 aliphatic carbocycles. The minimum absolute atomic E-state index is 0.00338. The van der Waals surface area contributed by atoms with Crippen LogP contribution in [0, 0.1) is 0 Å². The van der Waals surface area contributed by atoms with Gasteiger partial charge in [0.1, 0.15) is 25.4 Å². The Bertz CT molecular complexity index is 5990. The standard InChI is InChI=1S/C75H54O47/c76-23-1-15(2-24(77)45(23)89)66(104)114-14-36-61(117-67(105)16-3-25(78)46(90)26(79)4-16)64(65(121-68(106)17-5-27(80)47(91)28(81)6-17)75(115-36)122-69(107)18-7-29(82)48(92)30(83)8-18)120-73(111)22-12-34(87)52(96)56(100)40(22)43-42-44-41(57(101)59(103)58(42)102)39-21(11-33(86)51(95)55(39)99)72(110)119-63(62(43)118-74(44)112)60-35(88)13-113-70(108)19-9-31(84)49(93)53(97)37(19)38-20(71(109)116-60)10-32(85)50(94)54(38)98/h1-12,35-36,43,60-65,75-103H,13-14H2/t35?,36-,43-,60-,61-,62+,63-,64+,65-,75+/m1/s1. The predicted molar refractivity (Wildman–Crippen MR) is 379 cm³/mol. The van der Waals surface area contributed by atoms with Crippen molar-refractivity contribution < 1.29 is 234 Å². The maximum atomic E-state index is 16.4. The minimum atomic E-state index is -3.33. The van der Waals surface area contributed by atoms with Gasteiger partial charge in [0.2, 0.25) is 41.1 Å². The highest BCUT2D eigenvalue weighted by Gasteiger charge is 2.59. The summed E-state index contributed by atoms with van der Waals surface area (Å²) >= 11 is 0. The molecule has 47 nitrogen and oxygen atoms in total. The van der Waals surface area contributed by atoms with Gasteiger partial charge in [-0.3, -0.25) is 0 Å². The number of hydrogen-bond donors (Lipinski definition) is 28. The van der Waals surface area contributed by atoms with Gasteiger partial charge in [0.15, 0.2) is 157 Å². The number of rotatable bonds is 13. The molecule has 636 valence electrons. The molecule has 47 heteroatoms. The van der Waals surface area contributed by atoms with Crippen LogP contribution in [0.2, 0.25) is 0 Å². The van der Waals surface area contributed by atoms with E-state index in [4.69, 9.17) is 47.4 Å². The number of fused-ring (bicyclic) bond motifs is 7. The lowest BCUT2D eigenvalue weighted by molar-refractivity contribution is -0.282. The number of phenols is 27. The maximum Gasteiger partial charge on any atom is 0.340 e. The summed E-state index contributed by atoms with van der Waals surface area (Å²) < 4.78 is 57.3. The van der Waals surface area contributed by atoms with E-state index in [1.807, 2.05) is 0 Å². The Hall–Kier alpha value is -17.3. The fourth-order valence-electron chi connectivity index (χ4n) is 13.6. The van der Waals surface area contributed by atoms with Gasteiger partial charge in [-0.1, -0.05) is 0 Å². The molecule has 0 amide bonds. The number of aliphatic hydroxyl groups excluding tert-OH is 1. The van der Waals surface area contributed by atoms with Crippen LogP contribution in [-0.2, 0) is 47.4 Å². The zero-order valence-electron chi connectivity index (χ0n) is 59.9. The van der Waals surface area contributed by atoms with Crippen LogP contribution in [0.4, 0.5) is 0 Å². The highest BCUT2D eigenvalue weighted by molar-refractivity contribution is 6.12. The van der Waals surface area contributed by atoms with Crippen LogP contribution in [0.5, 0.6) is 155 Å². The molecule has 122 heavy (non-hydrogen) atoms. The van der Waals surface area contributed by atoms with Gasteiger partial charge in [-0.05, 0) is 72.8 Å². The van der Waals surface area contributed by atoms with Crippen molar-refractivity contribution >= 4 is 53.7 Å². The van der Waals surface area contributed by atoms with Crippen LogP contribution in [0.1, 0.15) is 110 Å². The summed E-state index contributed by atoms with van der Waals surface area (Å²) in [5.41, 5.74) is -20.7. The molecule has 28 N–H and O–H groups in total. The number of aromatic hydroxyl groups is 27. The molecular weight excluding hydrogens is 1650 g/mol. The van der Waals surface area contributed by atoms with Crippen molar-refractivity contribution in [2.45, 2.75) is 61.0 Å². The molecule has 0 radical (unpaired) electrons. The molecule has 10 atom stereocenters. The largest absolute Gasteiger partial charge is 0.504 e. The third kappa shape index (κ3) is 13.9. The molecule has 4 heterocycles. The van der Waals surface area contributed by atoms with Crippen molar-refractivity contribution in [3.05, 3.63) is 134 Å². The fraction of sp³-hybridized carbons (Fsp3) is 0.160. The quantitative estimate of drug-likeness (QED) is 0.0448. The Kier molecular flexibility index (Phi) is 20.6. The summed E-state index contributed by atoms with van der Waals surface area (Å²) in [5.74, 6) is -63.6. The van der Waals surface area contributed by atoms with Gasteiger partial charge in [0.25, 0.3) is 0 Å². The number of hydrogen-bond acceptors (Lipinski definition) is 47. The van der Waals surface area contributed by atoms with E-state index < -0.39 is 367 Å². The van der Waals surface area contributed by atoms with Gasteiger partial charge in [0, 0.05) is 33.4 Å². The van der Waals surface area contributed by atoms with E-state index in [-0.39, 0.29) is 18.2 Å². The lowest BCUT2D eigenvalue weighted by Crippen LogP contribution is -2.63. The van der Waals surface area contributed by atoms with E-state index in [2.05, 4.69) is 0 Å². The molecule has 4 aliphatic rings. The van der Waals surface area contributed by atoms with Crippen LogP contribution >= 0.6 is 0 Å². The lowest BCUT2D eigenvalue weighted by atomic mass is 9.73. The van der Waals surface area contributed by atoms with Crippen LogP contribution in [0.3, 0.4) is 0 Å². The Morgan fingerprint density at radius 2 is 0.639 bits per heavy atom. The van der Waals surface area contributed by atoms with Crippen molar-refractivity contribution in [1.82, 2.24) is 0 Å². The van der Waals surface area contributed by atoms with Crippen molar-refractivity contribution in [1.29, 1.82) is 0 Å². The van der Waals surface area contributed by atoms with E-state index >= 15 is 19.2 Å². The summed E-state index contributed by atoms with van der Waals surface area (Å²) in [6, 6.07) is 3.68. The van der Waals surface area contributed by atoms with Crippen molar-refractivity contribution in [3.63, 3.8) is 0 Å². The second-order valence-electron chi connectivity index (χ2n) is 26.7.